The van der Waals surface area contributed by atoms with Gasteiger partial charge in [0.15, 0.2) is 0 Å². The summed E-state index contributed by atoms with van der Waals surface area (Å²) in [6, 6.07) is 16.9. The molecule has 4 rings (SSSR count). The number of fused-ring (bicyclic) bond motifs is 1. The number of phenolic OH excluding ortho intramolecular Hbond substituents is 1. The van der Waals surface area contributed by atoms with Crippen LogP contribution in [0.4, 0.5) is 0 Å². The van der Waals surface area contributed by atoms with Crippen LogP contribution in [0.5, 0.6) is 5.75 Å². The fraction of sp³-hybridized carbons (Fsp3) is 0.304. The van der Waals surface area contributed by atoms with Crippen molar-refractivity contribution < 1.29 is 5.11 Å². The summed E-state index contributed by atoms with van der Waals surface area (Å²) in [4.78, 5) is 3.27. The van der Waals surface area contributed by atoms with Crippen LogP contribution in [0.2, 0.25) is 0 Å². The van der Waals surface area contributed by atoms with Crippen molar-refractivity contribution in [2.45, 2.75) is 37.6 Å². The Morgan fingerprint density at radius 3 is 2.81 bits per heavy atom. The average Bonchev–Trinajstić information content (AvgIpc) is 3.08. The number of benzene rings is 2. The molecule has 3 N–H and O–H groups in total. The van der Waals surface area contributed by atoms with E-state index in [1.807, 2.05) is 6.07 Å². The summed E-state index contributed by atoms with van der Waals surface area (Å²) in [6.07, 6.45) is 11.3. The quantitative estimate of drug-likeness (QED) is 0.439. The topological polar surface area (TPSA) is 48.0 Å². The molecule has 0 amide bonds. The molecule has 0 spiro atoms. The molecule has 1 aliphatic rings. The zero-order valence-electron chi connectivity index (χ0n) is 15.0. The molecule has 3 heteroatoms. The predicted molar refractivity (Wildman–Crippen MR) is 108 cm³/mol. The van der Waals surface area contributed by atoms with Crippen LogP contribution in [-0.2, 0) is 6.42 Å². The van der Waals surface area contributed by atoms with Gasteiger partial charge in [-0.1, -0.05) is 48.9 Å². The maximum atomic E-state index is 9.58. The molecule has 26 heavy (non-hydrogen) atoms. The summed E-state index contributed by atoms with van der Waals surface area (Å²) in [5, 5.41) is 14.5. The van der Waals surface area contributed by atoms with E-state index in [-0.39, 0.29) is 0 Å². The highest BCUT2D eigenvalue weighted by Gasteiger charge is 2.22. The van der Waals surface area contributed by atoms with Crippen LogP contribution >= 0.6 is 0 Å². The molecule has 2 atom stereocenters. The lowest BCUT2D eigenvalue weighted by molar-refractivity contribution is 0.432. The molecule has 0 bridgehead atoms. The number of aromatic nitrogens is 1. The second-order valence-corrected chi connectivity index (χ2v) is 7.17. The van der Waals surface area contributed by atoms with Crippen molar-refractivity contribution in [2.24, 2.45) is 0 Å². The molecule has 0 radical (unpaired) electrons. The van der Waals surface area contributed by atoms with Gasteiger partial charge in [0, 0.05) is 41.7 Å². The third kappa shape index (κ3) is 3.68. The Kier molecular flexibility index (Phi) is 5.07. The summed E-state index contributed by atoms with van der Waals surface area (Å²) in [7, 11) is 0. The van der Waals surface area contributed by atoms with Crippen molar-refractivity contribution in [1.29, 1.82) is 0 Å². The van der Waals surface area contributed by atoms with Crippen molar-refractivity contribution >= 4 is 10.9 Å². The number of rotatable bonds is 6. The number of unbranched alkanes of at least 4 members (excludes halogenated alkanes) is 1. The normalized spacial score (nSPS) is 19.8. The maximum absolute atomic E-state index is 9.58. The molecule has 0 saturated carbocycles. The lowest BCUT2D eigenvalue weighted by atomic mass is 9.86. The van der Waals surface area contributed by atoms with Crippen LogP contribution in [0.1, 0.15) is 36.3 Å². The van der Waals surface area contributed by atoms with Gasteiger partial charge in [-0.25, -0.2) is 0 Å². The zero-order chi connectivity index (χ0) is 17.8. The SMILES string of the molecule is Oc1ccc2c(CCCCC3NCC=CC3c3ccccc3)c[nH]c2c1. The van der Waals surface area contributed by atoms with Crippen molar-refractivity contribution in [3.05, 3.63) is 78.0 Å². The van der Waals surface area contributed by atoms with Gasteiger partial charge in [0.05, 0.1) is 0 Å². The van der Waals surface area contributed by atoms with Crippen LogP contribution < -0.4 is 5.32 Å². The largest absolute Gasteiger partial charge is 0.508 e. The number of hydrogen-bond acceptors (Lipinski definition) is 2. The molecule has 134 valence electrons. The van der Waals surface area contributed by atoms with E-state index < -0.39 is 0 Å². The monoisotopic (exact) mass is 346 g/mol. The molecule has 0 saturated heterocycles. The highest BCUT2D eigenvalue weighted by molar-refractivity contribution is 5.84. The minimum atomic E-state index is 0.314. The first kappa shape index (κ1) is 16.9. The van der Waals surface area contributed by atoms with E-state index in [1.165, 1.54) is 35.8 Å². The number of nitrogens with one attached hydrogen (secondary N) is 2. The van der Waals surface area contributed by atoms with Gasteiger partial charge >= 0.3 is 0 Å². The van der Waals surface area contributed by atoms with E-state index in [4.69, 9.17) is 0 Å². The standard InChI is InChI=1S/C23H26N2O/c26-19-12-13-21-18(16-25-23(21)15-19)9-4-5-11-22-20(10-6-14-24-22)17-7-2-1-3-8-17/h1-3,6-8,10,12-13,15-16,20,22,24-26H,4-5,9,11,14H2. The fourth-order valence-electron chi connectivity index (χ4n) is 4.06. The second-order valence-electron chi connectivity index (χ2n) is 7.17. The average molecular weight is 346 g/mol. The van der Waals surface area contributed by atoms with E-state index in [0.29, 0.717) is 17.7 Å². The Morgan fingerprint density at radius 2 is 1.92 bits per heavy atom. The summed E-state index contributed by atoms with van der Waals surface area (Å²) in [5.74, 6) is 0.787. The van der Waals surface area contributed by atoms with Gasteiger partial charge in [-0.05, 0) is 42.5 Å². The van der Waals surface area contributed by atoms with Gasteiger partial charge in [0.25, 0.3) is 0 Å². The Labute approximate surface area is 154 Å². The Balaban J connectivity index is 1.34. The first-order chi connectivity index (χ1) is 12.8. The molecule has 0 aliphatic carbocycles. The van der Waals surface area contributed by atoms with Crippen molar-refractivity contribution in [2.75, 3.05) is 6.54 Å². The van der Waals surface area contributed by atoms with Crippen molar-refractivity contribution in [1.82, 2.24) is 10.3 Å². The van der Waals surface area contributed by atoms with Crippen LogP contribution in [0, 0.1) is 0 Å². The van der Waals surface area contributed by atoms with E-state index in [0.717, 1.165) is 18.5 Å². The number of hydrogen-bond donors (Lipinski definition) is 3. The number of phenols is 1. The van der Waals surface area contributed by atoms with Gasteiger partial charge in [0.2, 0.25) is 0 Å². The van der Waals surface area contributed by atoms with E-state index in [1.54, 1.807) is 12.1 Å². The Hall–Kier alpha value is -2.52. The van der Waals surface area contributed by atoms with E-state index in [9.17, 15) is 5.11 Å². The summed E-state index contributed by atoms with van der Waals surface area (Å²) < 4.78 is 0. The molecule has 1 aromatic heterocycles. The maximum Gasteiger partial charge on any atom is 0.117 e. The van der Waals surface area contributed by atoms with Crippen LogP contribution in [0.15, 0.2) is 66.9 Å². The van der Waals surface area contributed by atoms with Crippen LogP contribution in [0.3, 0.4) is 0 Å². The number of aryl methyl sites for hydroxylation is 1. The van der Waals surface area contributed by atoms with Gasteiger partial charge in [-0.2, -0.15) is 0 Å². The van der Waals surface area contributed by atoms with Crippen LogP contribution in [-0.4, -0.2) is 22.7 Å². The first-order valence-corrected chi connectivity index (χ1v) is 9.55. The molecule has 3 aromatic rings. The molecule has 3 nitrogen and oxygen atoms in total. The number of aromatic hydroxyl groups is 1. The van der Waals surface area contributed by atoms with Gasteiger partial charge in [0.1, 0.15) is 5.75 Å². The minimum absolute atomic E-state index is 0.314. The first-order valence-electron chi connectivity index (χ1n) is 9.55. The van der Waals surface area contributed by atoms with Crippen molar-refractivity contribution in [3.63, 3.8) is 0 Å². The van der Waals surface area contributed by atoms with Gasteiger partial charge < -0.3 is 15.4 Å². The second kappa shape index (κ2) is 7.79. The van der Waals surface area contributed by atoms with E-state index >= 15 is 0 Å². The van der Waals surface area contributed by atoms with Gasteiger partial charge in [-0.3, -0.25) is 0 Å². The third-order valence-corrected chi connectivity index (χ3v) is 5.42. The smallest absolute Gasteiger partial charge is 0.117 e. The Bertz CT molecular complexity index is 882. The molecule has 2 heterocycles. The number of aromatic amines is 1. The highest BCUT2D eigenvalue weighted by Crippen LogP contribution is 2.28. The van der Waals surface area contributed by atoms with Gasteiger partial charge in [-0.15, -0.1) is 0 Å². The molecule has 2 unspecified atom stereocenters. The van der Waals surface area contributed by atoms with Crippen molar-refractivity contribution in [3.8, 4) is 5.75 Å². The summed E-state index contributed by atoms with van der Waals surface area (Å²) in [6.45, 7) is 0.972. The lowest BCUT2D eigenvalue weighted by Crippen LogP contribution is -2.37. The third-order valence-electron chi connectivity index (χ3n) is 5.42. The highest BCUT2D eigenvalue weighted by atomic mass is 16.3. The molecular formula is C23H26N2O. The molecular weight excluding hydrogens is 320 g/mol. The lowest BCUT2D eigenvalue weighted by Gasteiger charge is -2.29. The minimum Gasteiger partial charge on any atom is -0.508 e. The fourth-order valence-corrected chi connectivity index (χ4v) is 4.06. The van der Waals surface area contributed by atoms with Crippen LogP contribution in [0.25, 0.3) is 10.9 Å². The molecule has 2 aromatic carbocycles. The number of H-pyrrole nitrogens is 1. The van der Waals surface area contributed by atoms with E-state index in [2.05, 4.69) is 59.0 Å². The zero-order valence-corrected chi connectivity index (χ0v) is 15.0. The molecule has 0 fully saturated rings. The Morgan fingerprint density at radius 1 is 1.04 bits per heavy atom. The predicted octanol–water partition coefficient (Wildman–Crippen LogP) is 4.90. The summed E-state index contributed by atoms with van der Waals surface area (Å²) >= 11 is 0. The molecule has 1 aliphatic heterocycles. The summed E-state index contributed by atoms with van der Waals surface area (Å²) in [5.41, 5.74) is 3.76.